The van der Waals surface area contributed by atoms with Crippen LogP contribution < -0.4 is 15.0 Å². The summed E-state index contributed by atoms with van der Waals surface area (Å²) >= 11 is 0. The van der Waals surface area contributed by atoms with Gasteiger partial charge in [0, 0.05) is 38.3 Å². The lowest BCUT2D eigenvalue weighted by Gasteiger charge is -2.39. The summed E-state index contributed by atoms with van der Waals surface area (Å²) < 4.78 is 64.7. The van der Waals surface area contributed by atoms with Crippen molar-refractivity contribution >= 4 is 17.9 Å². The Kier molecular flexibility index (Phi) is 7.61. The number of anilines is 1. The van der Waals surface area contributed by atoms with Crippen molar-refractivity contribution in [2.45, 2.75) is 44.6 Å². The summed E-state index contributed by atoms with van der Waals surface area (Å²) in [5.74, 6) is -2.28. The first-order valence-corrected chi connectivity index (χ1v) is 12.2. The van der Waals surface area contributed by atoms with Crippen LogP contribution in [-0.4, -0.2) is 75.9 Å². The molecule has 2 aliphatic rings. The molecule has 2 saturated heterocycles. The van der Waals surface area contributed by atoms with Gasteiger partial charge in [0.25, 0.3) is 0 Å². The van der Waals surface area contributed by atoms with Gasteiger partial charge in [0.2, 0.25) is 17.7 Å². The van der Waals surface area contributed by atoms with E-state index in [4.69, 9.17) is 9.47 Å². The summed E-state index contributed by atoms with van der Waals surface area (Å²) in [6, 6.07) is 5.47. The molecule has 3 heterocycles. The quantitative estimate of drug-likeness (QED) is 0.522. The molecule has 2 aromatic rings. The van der Waals surface area contributed by atoms with Gasteiger partial charge in [-0.25, -0.2) is 14.2 Å². The molecule has 1 aromatic heterocycles. The molecule has 2 fully saturated rings. The lowest BCUT2D eigenvalue weighted by molar-refractivity contribution is -0.141. The van der Waals surface area contributed by atoms with E-state index >= 15 is 0 Å². The number of nitrogens with zero attached hydrogens (tertiary/aromatic N) is 4. The van der Waals surface area contributed by atoms with Crippen LogP contribution in [-0.2, 0) is 15.7 Å². The van der Waals surface area contributed by atoms with Gasteiger partial charge in [0.05, 0.1) is 12.5 Å². The predicted octanol–water partition coefficient (Wildman–Crippen LogP) is 3.35. The number of hydrogen-bond donors (Lipinski definition) is 2. The van der Waals surface area contributed by atoms with Crippen molar-refractivity contribution in [2.75, 3.05) is 37.6 Å². The van der Waals surface area contributed by atoms with E-state index in [1.54, 1.807) is 20.8 Å². The van der Waals surface area contributed by atoms with Gasteiger partial charge in [-0.2, -0.15) is 18.2 Å². The van der Waals surface area contributed by atoms with Crippen LogP contribution in [0.1, 0.15) is 32.9 Å². The zero-order chi connectivity index (χ0) is 28.6. The minimum atomic E-state index is -4.81. The molecule has 0 bridgehead atoms. The average molecular weight is 556 g/mol. The van der Waals surface area contributed by atoms with Gasteiger partial charge in [0.15, 0.2) is 5.69 Å². The van der Waals surface area contributed by atoms with Gasteiger partial charge in [0.1, 0.15) is 22.8 Å². The van der Waals surface area contributed by atoms with E-state index < -0.39 is 46.8 Å². The third-order valence-corrected chi connectivity index (χ3v) is 6.11. The number of likely N-dealkylation sites (tertiary alicyclic amines) is 1. The van der Waals surface area contributed by atoms with Crippen molar-refractivity contribution in [3.63, 3.8) is 0 Å². The maximum Gasteiger partial charge on any atom is 0.433 e. The summed E-state index contributed by atoms with van der Waals surface area (Å²) in [4.78, 5) is 34.9. The van der Waals surface area contributed by atoms with E-state index in [-0.39, 0.29) is 56.7 Å². The van der Waals surface area contributed by atoms with Crippen LogP contribution in [0, 0.1) is 11.7 Å². The van der Waals surface area contributed by atoms with Gasteiger partial charge in [-0.3, -0.25) is 4.79 Å². The summed E-state index contributed by atoms with van der Waals surface area (Å²) in [6.07, 6.45) is -5.20. The highest BCUT2D eigenvalue weighted by Gasteiger charge is 2.42. The lowest BCUT2D eigenvalue weighted by Crippen LogP contribution is -2.58. The van der Waals surface area contributed by atoms with Crippen LogP contribution >= 0.6 is 0 Å². The van der Waals surface area contributed by atoms with Crippen LogP contribution in [0.25, 0.3) is 0 Å². The molecule has 0 saturated carbocycles. The molecular weight excluding hydrogens is 526 g/mol. The van der Waals surface area contributed by atoms with E-state index in [0.29, 0.717) is 6.07 Å². The van der Waals surface area contributed by atoms with Gasteiger partial charge in [-0.05, 0) is 39.3 Å². The van der Waals surface area contributed by atoms with Crippen molar-refractivity contribution in [3.8, 4) is 11.6 Å². The first-order valence-electron chi connectivity index (χ1n) is 12.2. The van der Waals surface area contributed by atoms with Crippen LogP contribution in [0.5, 0.6) is 11.6 Å². The zero-order valence-electron chi connectivity index (χ0n) is 21.6. The highest BCUT2D eigenvalue weighted by molar-refractivity contribution is 5.82. The smallest absolute Gasteiger partial charge is 0.433 e. The lowest BCUT2D eigenvalue weighted by atomic mass is 9.98. The monoisotopic (exact) mass is 555 g/mol. The van der Waals surface area contributed by atoms with Gasteiger partial charge in [-0.15, -0.1) is 0 Å². The minimum Gasteiger partial charge on any atom is -0.444 e. The fourth-order valence-electron chi connectivity index (χ4n) is 4.09. The number of carbonyl (C=O) groups is 2. The first kappa shape index (κ1) is 28.3. The van der Waals surface area contributed by atoms with Gasteiger partial charge in [-0.1, -0.05) is 6.07 Å². The number of halogens is 4. The molecule has 2 aliphatic heterocycles. The SMILES string of the molecule is CC(C)(C)OC(=O)N1CC(C(=O)NCC2(O)CCN(c3nc(Oc4cccc(F)c4)cc(C(F)(F)F)n3)C2)C1. The normalized spacial score (nSPS) is 20.0. The van der Waals surface area contributed by atoms with E-state index in [9.17, 15) is 32.3 Å². The number of hydrogen-bond acceptors (Lipinski definition) is 8. The molecule has 14 heteroatoms. The molecule has 1 aromatic carbocycles. The number of amides is 2. The summed E-state index contributed by atoms with van der Waals surface area (Å²) in [7, 11) is 0. The molecule has 212 valence electrons. The fraction of sp³-hybridized carbons (Fsp3) is 0.520. The third-order valence-electron chi connectivity index (χ3n) is 6.11. The van der Waals surface area contributed by atoms with Crippen LogP contribution in [0.4, 0.5) is 28.3 Å². The number of aliphatic hydroxyl groups is 1. The third kappa shape index (κ3) is 7.25. The van der Waals surface area contributed by atoms with Crippen LogP contribution in [0.2, 0.25) is 0 Å². The molecule has 0 radical (unpaired) electrons. The Morgan fingerprint density at radius 3 is 2.54 bits per heavy atom. The van der Waals surface area contributed by atoms with Crippen molar-refractivity contribution in [2.24, 2.45) is 5.92 Å². The van der Waals surface area contributed by atoms with Crippen molar-refractivity contribution < 1.29 is 41.7 Å². The summed E-state index contributed by atoms with van der Waals surface area (Å²) in [5, 5.41) is 13.6. The first-order chi connectivity index (χ1) is 18.1. The Bertz CT molecular complexity index is 1230. The number of carbonyl (C=O) groups excluding carboxylic acids is 2. The maximum atomic E-state index is 13.5. The maximum absolute atomic E-state index is 13.5. The largest absolute Gasteiger partial charge is 0.444 e. The number of benzene rings is 1. The molecule has 10 nitrogen and oxygen atoms in total. The predicted molar refractivity (Wildman–Crippen MR) is 130 cm³/mol. The highest BCUT2D eigenvalue weighted by Crippen LogP contribution is 2.34. The Balaban J connectivity index is 1.37. The molecule has 1 atom stereocenters. The second-order valence-electron chi connectivity index (χ2n) is 10.6. The number of ether oxygens (including phenoxy) is 2. The Hall–Kier alpha value is -3.68. The van der Waals surface area contributed by atoms with E-state index in [0.717, 1.165) is 12.1 Å². The molecule has 4 rings (SSSR count). The van der Waals surface area contributed by atoms with E-state index in [1.807, 2.05) is 0 Å². The standard InChI is InChI=1S/C25H29F4N5O5/c1-23(2,3)39-22(36)34-11-15(12-34)20(35)30-13-24(37)7-8-33(14-24)21-31-18(25(27,28)29)10-19(32-21)38-17-6-4-5-16(26)9-17/h4-6,9-10,15,37H,7-8,11-14H2,1-3H3,(H,30,35). The fourth-order valence-corrected chi connectivity index (χ4v) is 4.09. The zero-order valence-corrected chi connectivity index (χ0v) is 21.6. The Morgan fingerprint density at radius 2 is 1.90 bits per heavy atom. The van der Waals surface area contributed by atoms with Crippen LogP contribution in [0.15, 0.2) is 30.3 Å². The number of rotatable bonds is 6. The molecule has 1 unspecified atom stereocenters. The summed E-state index contributed by atoms with van der Waals surface area (Å²) in [5.41, 5.74) is -3.37. The van der Waals surface area contributed by atoms with E-state index in [2.05, 4.69) is 15.3 Å². The molecule has 39 heavy (non-hydrogen) atoms. The molecule has 0 spiro atoms. The second kappa shape index (κ2) is 10.5. The van der Waals surface area contributed by atoms with Gasteiger partial charge >= 0.3 is 12.3 Å². The van der Waals surface area contributed by atoms with Crippen molar-refractivity contribution in [1.29, 1.82) is 0 Å². The molecular formula is C25H29F4N5O5. The van der Waals surface area contributed by atoms with E-state index in [1.165, 1.54) is 21.9 Å². The minimum absolute atomic E-state index is 0.0466. The number of alkyl halides is 3. The van der Waals surface area contributed by atoms with Crippen molar-refractivity contribution in [3.05, 3.63) is 41.8 Å². The molecule has 0 aliphatic carbocycles. The molecule has 2 amide bonds. The molecule has 2 N–H and O–H groups in total. The van der Waals surface area contributed by atoms with Crippen LogP contribution in [0.3, 0.4) is 0 Å². The summed E-state index contributed by atoms with van der Waals surface area (Å²) in [6.45, 7) is 5.38. The highest BCUT2D eigenvalue weighted by atomic mass is 19.4. The number of β-amino-alcohol motifs (C(OH)–C–C–N with tert-alkyl or cyclic N) is 1. The Morgan fingerprint density at radius 1 is 1.18 bits per heavy atom. The average Bonchev–Trinajstić information content (AvgIpc) is 3.17. The topological polar surface area (TPSA) is 117 Å². The van der Waals surface area contributed by atoms with Crippen molar-refractivity contribution in [1.82, 2.24) is 20.2 Å². The number of aromatic nitrogens is 2. The van der Waals surface area contributed by atoms with Gasteiger partial charge < -0.3 is 29.7 Å². The number of nitrogens with one attached hydrogen (secondary N) is 1. The Labute approximate surface area is 221 Å². The second-order valence-corrected chi connectivity index (χ2v) is 10.6.